The molecule has 1 saturated heterocycles. The smallest absolute Gasteiger partial charge is 0.132 e. The zero-order valence-corrected chi connectivity index (χ0v) is 12.9. The highest BCUT2D eigenvalue weighted by Crippen LogP contribution is 2.24. The van der Waals surface area contributed by atoms with Crippen molar-refractivity contribution in [2.75, 3.05) is 19.8 Å². The first-order valence-corrected chi connectivity index (χ1v) is 7.74. The molecular formula is C16H19ClN2O3. The molecule has 2 aromatic heterocycles. The third-order valence-corrected chi connectivity index (χ3v) is 4.11. The second-order valence-corrected chi connectivity index (χ2v) is 5.84. The number of halogens is 1. The fourth-order valence-electron chi connectivity index (χ4n) is 2.70. The van der Waals surface area contributed by atoms with Crippen LogP contribution < -0.4 is 0 Å². The van der Waals surface area contributed by atoms with Crippen molar-refractivity contribution in [3.63, 3.8) is 0 Å². The van der Waals surface area contributed by atoms with E-state index in [-0.39, 0.29) is 6.04 Å². The monoisotopic (exact) mass is 322 g/mol. The fraction of sp³-hybridized carbons (Fsp3) is 0.438. The van der Waals surface area contributed by atoms with Crippen LogP contribution in [0.4, 0.5) is 0 Å². The van der Waals surface area contributed by atoms with Crippen LogP contribution in [0.25, 0.3) is 0 Å². The Morgan fingerprint density at radius 2 is 2.32 bits per heavy atom. The Morgan fingerprint density at radius 3 is 3.05 bits per heavy atom. The molecule has 1 N–H and O–H groups in total. The Hall–Kier alpha value is -1.40. The molecule has 118 valence electrons. The van der Waals surface area contributed by atoms with Crippen LogP contribution in [-0.2, 0) is 11.3 Å². The molecule has 0 aliphatic carbocycles. The SMILES string of the molecule is OC(CC1COCCN1Cc1ccc(Cl)nc1)c1ccco1. The first kappa shape index (κ1) is 15.5. The lowest BCUT2D eigenvalue weighted by Crippen LogP contribution is -2.45. The number of nitrogens with zero attached hydrogens (tertiary/aromatic N) is 2. The van der Waals surface area contributed by atoms with E-state index in [1.807, 2.05) is 6.07 Å². The molecule has 3 rings (SSSR count). The van der Waals surface area contributed by atoms with E-state index in [0.29, 0.717) is 30.5 Å². The molecule has 5 nitrogen and oxygen atoms in total. The highest BCUT2D eigenvalue weighted by Gasteiger charge is 2.27. The van der Waals surface area contributed by atoms with Gasteiger partial charge in [-0.2, -0.15) is 0 Å². The van der Waals surface area contributed by atoms with Crippen molar-refractivity contribution in [1.29, 1.82) is 0 Å². The maximum absolute atomic E-state index is 10.3. The van der Waals surface area contributed by atoms with Gasteiger partial charge in [-0.1, -0.05) is 17.7 Å². The zero-order chi connectivity index (χ0) is 15.4. The number of aliphatic hydroxyl groups is 1. The minimum absolute atomic E-state index is 0.143. The van der Waals surface area contributed by atoms with E-state index < -0.39 is 6.10 Å². The molecule has 0 saturated carbocycles. The quantitative estimate of drug-likeness (QED) is 0.858. The van der Waals surface area contributed by atoms with Gasteiger partial charge in [0.05, 0.1) is 19.5 Å². The van der Waals surface area contributed by atoms with E-state index in [1.54, 1.807) is 30.7 Å². The summed E-state index contributed by atoms with van der Waals surface area (Å²) in [4.78, 5) is 6.42. The van der Waals surface area contributed by atoms with Crippen molar-refractivity contribution in [2.24, 2.45) is 0 Å². The van der Waals surface area contributed by atoms with Gasteiger partial charge in [-0.25, -0.2) is 4.98 Å². The van der Waals surface area contributed by atoms with E-state index in [9.17, 15) is 5.11 Å². The molecule has 0 aromatic carbocycles. The lowest BCUT2D eigenvalue weighted by Gasteiger charge is -2.36. The lowest BCUT2D eigenvalue weighted by atomic mass is 10.0. The van der Waals surface area contributed by atoms with Gasteiger partial charge in [0.2, 0.25) is 0 Å². The Balaban J connectivity index is 1.64. The molecule has 2 atom stereocenters. The van der Waals surface area contributed by atoms with Gasteiger partial charge in [0, 0.05) is 25.3 Å². The number of ether oxygens (including phenoxy) is 1. The van der Waals surface area contributed by atoms with Crippen molar-refractivity contribution in [3.05, 3.63) is 53.2 Å². The van der Waals surface area contributed by atoms with Crippen LogP contribution in [0.1, 0.15) is 23.8 Å². The third kappa shape index (κ3) is 3.87. The summed E-state index contributed by atoms with van der Waals surface area (Å²) in [6.07, 6.45) is 3.33. The van der Waals surface area contributed by atoms with Gasteiger partial charge in [-0.15, -0.1) is 0 Å². The van der Waals surface area contributed by atoms with E-state index in [1.165, 1.54) is 0 Å². The van der Waals surface area contributed by atoms with Crippen molar-refractivity contribution >= 4 is 11.6 Å². The van der Waals surface area contributed by atoms with Crippen LogP contribution in [0.5, 0.6) is 0 Å². The van der Waals surface area contributed by atoms with Gasteiger partial charge in [0.25, 0.3) is 0 Å². The molecule has 1 aliphatic rings. The van der Waals surface area contributed by atoms with Crippen LogP contribution in [0.2, 0.25) is 5.15 Å². The molecule has 2 aromatic rings. The lowest BCUT2D eigenvalue weighted by molar-refractivity contribution is -0.0323. The third-order valence-electron chi connectivity index (χ3n) is 3.89. The summed E-state index contributed by atoms with van der Waals surface area (Å²) in [5, 5.41) is 10.8. The van der Waals surface area contributed by atoms with Crippen molar-refractivity contribution in [3.8, 4) is 0 Å². The number of furan rings is 1. The number of pyridine rings is 1. The second-order valence-electron chi connectivity index (χ2n) is 5.46. The molecule has 0 spiro atoms. The Labute approximate surface area is 134 Å². The Bertz CT molecular complexity index is 574. The van der Waals surface area contributed by atoms with Gasteiger partial charge in [-0.3, -0.25) is 4.90 Å². The van der Waals surface area contributed by atoms with Crippen LogP contribution in [0.3, 0.4) is 0 Å². The molecule has 1 fully saturated rings. The normalized spacial score (nSPS) is 20.9. The van der Waals surface area contributed by atoms with Crippen molar-refractivity contribution in [2.45, 2.75) is 25.1 Å². The molecule has 2 unspecified atom stereocenters. The summed E-state index contributed by atoms with van der Waals surface area (Å²) >= 11 is 5.82. The number of aliphatic hydroxyl groups excluding tert-OH is 1. The minimum Gasteiger partial charge on any atom is -0.467 e. The van der Waals surface area contributed by atoms with E-state index in [2.05, 4.69) is 9.88 Å². The van der Waals surface area contributed by atoms with Crippen molar-refractivity contribution in [1.82, 2.24) is 9.88 Å². The van der Waals surface area contributed by atoms with E-state index in [4.69, 9.17) is 20.8 Å². The van der Waals surface area contributed by atoms with Gasteiger partial charge < -0.3 is 14.3 Å². The summed E-state index contributed by atoms with van der Waals surface area (Å²) in [5.41, 5.74) is 1.10. The van der Waals surface area contributed by atoms with Gasteiger partial charge in [0.1, 0.15) is 17.0 Å². The topological polar surface area (TPSA) is 58.7 Å². The molecule has 3 heterocycles. The standard InChI is InChI=1S/C16H19ClN2O3/c17-16-4-3-12(9-18-16)10-19-5-7-21-11-13(19)8-14(20)15-2-1-6-22-15/h1-4,6,9,13-14,20H,5,7-8,10-11H2. The minimum atomic E-state index is -0.618. The molecule has 0 bridgehead atoms. The highest BCUT2D eigenvalue weighted by atomic mass is 35.5. The fourth-order valence-corrected chi connectivity index (χ4v) is 2.82. The zero-order valence-electron chi connectivity index (χ0n) is 12.2. The van der Waals surface area contributed by atoms with Crippen molar-refractivity contribution < 1.29 is 14.3 Å². The van der Waals surface area contributed by atoms with Gasteiger partial charge >= 0.3 is 0 Å². The molecule has 6 heteroatoms. The number of aromatic nitrogens is 1. The Kier molecular flexibility index (Phi) is 5.10. The summed E-state index contributed by atoms with van der Waals surface area (Å²) in [5.74, 6) is 0.596. The van der Waals surface area contributed by atoms with Crippen LogP contribution in [-0.4, -0.2) is 40.8 Å². The largest absolute Gasteiger partial charge is 0.467 e. The number of hydrogen-bond donors (Lipinski definition) is 1. The summed E-state index contributed by atoms with van der Waals surface area (Å²) in [6, 6.07) is 7.49. The molecule has 1 aliphatic heterocycles. The first-order chi connectivity index (χ1) is 10.7. The summed E-state index contributed by atoms with van der Waals surface area (Å²) < 4.78 is 10.8. The first-order valence-electron chi connectivity index (χ1n) is 7.36. The average molecular weight is 323 g/mol. The predicted molar refractivity (Wildman–Crippen MR) is 82.5 cm³/mol. The summed E-state index contributed by atoms with van der Waals surface area (Å²) in [7, 11) is 0. The summed E-state index contributed by atoms with van der Waals surface area (Å²) in [6.45, 7) is 2.91. The molecule has 0 amide bonds. The molecule has 22 heavy (non-hydrogen) atoms. The second kappa shape index (κ2) is 7.24. The maximum atomic E-state index is 10.3. The number of morpholine rings is 1. The van der Waals surface area contributed by atoms with E-state index in [0.717, 1.165) is 18.7 Å². The number of hydrogen-bond acceptors (Lipinski definition) is 5. The highest BCUT2D eigenvalue weighted by molar-refractivity contribution is 6.29. The predicted octanol–water partition coefficient (Wildman–Crippen LogP) is 2.65. The molecular weight excluding hydrogens is 304 g/mol. The number of rotatable bonds is 5. The Morgan fingerprint density at radius 1 is 1.41 bits per heavy atom. The van der Waals surface area contributed by atoms with Crippen LogP contribution in [0, 0.1) is 0 Å². The molecule has 0 radical (unpaired) electrons. The van der Waals surface area contributed by atoms with Gasteiger partial charge in [0.15, 0.2) is 0 Å². The maximum Gasteiger partial charge on any atom is 0.132 e. The van der Waals surface area contributed by atoms with E-state index >= 15 is 0 Å². The average Bonchev–Trinajstić information content (AvgIpc) is 3.06. The van der Waals surface area contributed by atoms with Gasteiger partial charge in [-0.05, 0) is 30.2 Å². The van der Waals surface area contributed by atoms with Crippen LogP contribution >= 0.6 is 11.6 Å². The van der Waals surface area contributed by atoms with Crippen LogP contribution in [0.15, 0.2) is 41.1 Å².